The fraction of sp³-hybridized carbons (Fsp3) is 0.500. The van der Waals surface area contributed by atoms with Crippen LogP contribution in [0.3, 0.4) is 0 Å². The third-order valence-corrected chi connectivity index (χ3v) is 4.25. The fourth-order valence-corrected chi connectivity index (χ4v) is 2.97. The molecular weight excluding hydrogens is 296 g/mol. The number of Topliss-reactive ketones (excluding diaryl/α,β-unsaturated/α-hetero) is 1. The summed E-state index contributed by atoms with van der Waals surface area (Å²) in [4.78, 5) is 41.9. The van der Waals surface area contributed by atoms with Gasteiger partial charge in [0.05, 0.1) is 5.69 Å². The van der Waals surface area contributed by atoms with Crippen LogP contribution in [0.2, 0.25) is 0 Å². The molecule has 1 aromatic heterocycles. The summed E-state index contributed by atoms with van der Waals surface area (Å²) in [5, 5.41) is 5.85. The molecular formula is C16H20N4O3. The predicted octanol–water partition coefficient (Wildman–Crippen LogP) is 0.435. The normalized spacial score (nSPS) is 20.2. The van der Waals surface area contributed by atoms with Crippen molar-refractivity contribution in [2.24, 2.45) is 5.92 Å². The van der Waals surface area contributed by atoms with E-state index in [1.165, 1.54) is 0 Å². The lowest BCUT2D eigenvalue weighted by atomic mass is 9.95. The van der Waals surface area contributed by atoms with Gasteiger partial charge in [0.2, 0.25) is 11.8 Å². The molecule has 2 amide bonds. The Hall–Kier alpha value is -2.44. The number of amides is 2. The summed E-state index contributed by atoms with van der Waals surface area (Å²) in [5.74, 6) is -1.09. The molecule has 2 N–H and O–H groups in total. The standard InChI is InChI=1S/C16H20N4O3/c21-13-5-2-8-20(13)9-3-7-18-16(23)11-10-19-12-4-1-6-17-14(12)15(11)22/h1,4,6,11,19H,2-3,5,7-10H2,(H,18,23). The smallest absolute Gasteiger partial charge is 0.232 e. The summed E-state index contributed by atoms with van der Waals surface area (Å²) in [6, 6.07) is 3.53. The summed E-state index contributed by atoms with van der Waals surface area (Å²) >= 11 is 0. The molecule has 1 aromatic rings. The van der Waals surface area contributed by atoms with Crippen LogP contribution in [0.1, 0.15) is 29.8 Å². The molecule has 1 saturated heterocycles. The Morgan fingerprint density at radius 2 is 2.30 bits per heavy atom. The number of anilines is 1. The number of carbonyl (C=O) groups excluding carboxylic acids is 3. The minimum atomic E-state index is -0.745. The van der Waals surface area contributed by atoms with Gasteiger partial charge in [0.1, 0.15) is 11.6 Å². The highest BCUT2D eigenvalue weighted by molar-refractivity contribution is 6.13. The maximum atomic E-state index is 12.3. The highest BCUT2D eigenvalue weighted by Gasteiger charge is 2.33. The minimum absolute atomic E-state index is 0.186. The highest BCUT2D eigenvalue weighted by atomic mass is 16.2. The van der Waals surface area contributed by atoms with E-state index in [4.69, 9.17) is 0 Å². The number of likely N-dealkylation sites (tertiary alicyclic amines) is 1. The Morgan fingerprint density at radius 3 is 3.09 bits per heavy atom. The zero-order chi connectivity index (χ0) is 16.2. The number of pyridine rings is 1. The van der Waals surface area contributed by atoms with Crippen LogP contribution in [0, 0.1) is 5.92 Å². The molecule has 1 fully saturated rings. The highest BCUT2D eigenvalue weighted by Crippen LogP contribution is 2.22. The maximum Gasteiger partial charge on any atom is 0.232 e. The quantitative estimate of drug-likeness (QED) is 0.607. The van der Waals surface area contributed by atoms with Gasteiger partial charge in [-0.2, -0.15) is 0 Å². The summed E-state index contributed by atoms with van der Waals surface area (Å²) in [5.41, 5.74) is 0.996. The monoisotopic (exact) mass is 316 g/mol. The second-order valence-corrected chi connectivity index (χ2v) is 5.83. The molecule has 3 rings (SSSR count). The van der Waals surface area contributed by atoms with Crippen LogP contribution < -0.4 is 10.6 Å². The number of nitrogens with one attached hydrogen (secondary N) is 2. The lowest BCUT2D eigenvalue weighted by Gasteiger charge is -2.23. The summed E-state index contributed by atoms with van der Waals surface area (Å²) < 4.78 is 0. The Balaban J connectivity index is 1.47. The van der Waals surface area contributed by atoms with Crippen molar-refractivity contribution >= 4 is 23.3 Å². The van der Waals surface area contributed by atoms with E-state index >= 15 is 0 Å². The van der Waals surface area contributed by atoms with E-state index in [0.29, 0.717) is 37.3 Å². The zero-order valence-electron chi connectivity index (χ0n) is 12.9. The second kappa shape index (κ2) is 6.76. The summed E-state index contributed by atoms with van der Waals surface area (Å²) in [6.07, 6.45) is 3.78. The van der Waals surface area contributed by atoms with Gasteiger partial charge in [0.15, 0.2) is 5.78 Å². The number of hydrogen-bond donors (Lipinski definition) is 2. The molecule has 0 spiro atoms. The van der Waals surface area contributed by atoms with Gasteiger partial charge in [-0.3, -0.25) is 19.4 Å². The largest absolute Gasteiger partial charge is 0.382 e. The first-order chi connectivity index (χ1) is 11.2. The molecule has 0 aromatic carbocycles. The first-order valence-corrected chi connectivity index (χ1v) is 7.95. The Kier molecular flexibility index (Phi) is 4.55. The van der Waals surface area contributed by atoms with Crippen LogP contribution in [0.25, 0.3) is 0 Å². The molecule has 23 heavy (non-hydrogen) atoms. The molecule has 7 nitrogen and oxygen atoms in total. The summed E-state index contributed by atoms with van der Waals surface area (Å²) in [7, 11) is 0. The molecule has 2 aliphatic heterocycles. The van der Waals surface area contributed by atoms with E-state index in [2.05, 4.69) is 15.6 Å². The maximum absolute atomic E-state index is 12.3. The Bertz CT molecular complexity index is 632. The number of fused-ring (bicyclic) bond motifs is 1. The minimum Gasteiger partial charge on any atom is -0.382 e. The van der Waals surface area contributed by atoms with Crippen molar-refractivity contribution in [1.29, 1.82) is 0 Å². The first-order valence-electron chi connectivity index (χ1n) is 7.95. The zero-order valence-corrected chi connectivity index (χ0v) is 12.9. The first kappa shape index (κ1) is 15.5. The number of nitrogens with zero attached hydrogens (tertiary/aromatic N) is 2. The lowest BCUT2D eigenvalue weighted by molar-refractivity contribution is -0.127. The van der Waals surface area contributed by atoms with E-state index in [0.717, 1.165) is 13.0 Å². The van der Waals surface area contributed by atoms with E-state index in [9.17, 15) is 14.4 Å². The second-order valence-electron chi connectivity index (χ2n) is 5.83. The molecule has 0 aliphatic carbocycles. The third-order valence-electron chi connectivity index (χ3n) is 4.25. The van der Waals surface area contributed by atoms with Gasteiger partial charge >= 0.3 is 0 Å². The average molecular weight is 316 g/mol. The summed E-state index contributed by atoms with van der Waals surface area (Å²) in [6.45, 7) is 2.20. The van der Waals surface area contributed by atoms with Gasteiger partial charge in [-0.1, -0.05) is 0 Å². The Morgan fingerprint density at radius 1 is 1.43 bits per heavy atom. The van der Waals surface area contributed by atoms with Crippen LogP contribution in [0.15, 0.2) is 18.3 Å². The number of ketones is 1. The van der Waals surface area contributed by atoms with Crippen LogP contribution >= 0.6 is 0 Å². The van der Waals surface area contributed by atoms with Crippen LogP contribution in [-0.4, -0.2) is 53.7 Å². The molecule has 1 atom stereocenters. The van der Waals surface area contributed by atoms with Crippen molar-refractivity contribution in [1.82, 2.24) is 15.2 Å². The van der Waals surface area contributed by atoms with Crippen molar-refractivity contribution in [2.45, 2.75) is 19.3 Å². The van der Waals surface area contributed by atoms with Crippen molar-refractivity contribution in [3.05, 3.63) is 24.0 Å². The SMILES string of the molecule is O=C(NCCCN1CCCC1=O)C1CNc2cccnc2C1=O. The van der Waals surface area contributed by atoms with E-state index in [1.807, 2.05) is 4.90 Å². The molecule has 0 bridgehead atoms. The van der Waals surface area contributed by atoms with Gasteiger partial charge in [-0.15, -0.1) is 0 Å². The van der Waals surface area contributed by atoms with Crippen molar-refractivity contribution < 1.29 is 14.4 Å². The van der Waals surface area contributed by atoms with Crippen molar-refractivity contribution in [3.8, 4) is 0 Å². The molecule has 0 saturated carbocycles. The van der Waals surface area contributed by atoms with Crippen molar-refractivity contribution in [3.63, 3.8) is 0 Å². The number of hydrogen-bond acceptors (Lipinski definition) is 5. The molecule has 122 valence electrons. The van der Waals surface area contributed by atoms with Gasteiger partial charge in [0, 0.05) is 38.8 Å². The average Bonchev–Trinajstić information content (AvgIpc) is 2.97. The molecule has 7 heteroatoms. The molecule has 3 heterocycles. The van der Waals surface area contributed by atoms with Gasteiger partial charge in [-0.25, -0.2) is 0 Å². The van der Waals surface area contributed by atoms with Crippen LogP contribution in [-0.2, 0) is 9.59 Å². The molecule has 2 aliphatic rings. The number of rotatable bonds is 5. The van der Waals surface area contributed by atoms with Crippen LogP contribution in [0.4, 0.5) is 5.69 Å². The third kappa shape index (κ3) is 3.33. The Labute approximate surface area is 134 Å². The van der Waals surface area contributed by atoms with Gasteiger partial charge in [-0.05, 0) is 25.0 Å². The molecule has 0 radical (unpaired) electrons. The van der Waals surface area contributed by atoms with E-state index in [-0.39, 0.29) is 24.1 Å². The fourth-order valence-electron chi connectivity index (χ4n) is 2.97. The number of carbonyl (C=O) groups is 3. The van der Waals surface area contributed by atoms with E-state index in [1.54, 1.807) is 18.3 Å². The number of aromatic nitrogens is 1. The van der Waals surface area contributed by atoms with Crippen LogP contribution in [0.5, 0.6) is 0 Å². The van der Waals surface area contributed by atoms with Gasteiger partial charge in [0.25, 0.3) is 0 Å². The van der Waals surface area contributed by atoms with Gasteiger partial charge < -0.3 is 15.5 Å². The molecule has 1 unspecified atom stereocenters. The topological polar surface area (TPSA) is 91.4 Å². The predicted molar refractivity (Wildman–Crippen MR) is 84.0 cm³/mol. The van der Waals surface area contributed by atoms with E-state index < -0.39 is 5.92 Å². The lowest BCUT2D eigenvalue weighted by Crippen LogP contribution is -2.43. The van der Waals surface area contributed by atoms with Crippen molar-refractivity contribution in [2.75, 3.05) is 31.5 Å².